The van der Waals surface area contributed by atoms with Crippen LogP contribution in [0.1, 0.15) is 50.2 Å². The molecular weight excluding hydrogens is 616 g/mol. The average molecular weight is 679 g/mol. The molecule has 11 nitrogen and oxygen atoms in total. The molecule has 2 aliphatic heterocycles. The number of hydrogen-bond donors (Lipinski definition) is 0. The van der Waals surface area contributed by atoms with E-state index in [1.807, 2.05) is 7.05 Å². The molecule has 268 valence electrons. The smallest absolute Gasteiger partial charge is 0.248 e. The molecule has 0 atom stereocenters. The summed E-state index contributed by atoms with van der Waals surface area (Å²) in [5.41, 5.74) is 1.27. The Morgan fingerprint density at radius 2 is 1.34 bits per heavy atom. The monoisotopic (exact) mass is 678 g/mol. The molecule has 12 heteroatoms. The SMILES string of the molecule is CCC1CC(N2CCN(C)CC2)C1.COc1cc(C)c(S(=O)(=O)N(C)CCOCC(=O)N(C)C2CC(N3CCN(C)CC3)C2)c(C)c1. The van der Waals surface area contributed by atoms with E-state index in [1.165, 1.54) is 56.8 Å². The maximum absolute atomic E-state index is 13.1. The predicted octanol–water partition coefficient (Wildman–Crippen LogP) is 2.61. The van der Waals surface area contributed by atoms with Crippen LogP contribution in [0.5, 0.6) is 5.75 Å². The van der Waals surface area contributed by atoms with Crippen molar-refractivity contribution in [2.45, 2.75) is 75.9 Å². The maximum atomic E-state index is 13.1. The number of carbonyl (C=O) groups excluding carboxylic acids is 1. The first-order valence-corrected chi connectivity index (χ1v) is 19.1. The summed E-state index contributed by atoms with van der Waals surface area (Å²) in [4.78, 5) is 24.6. The van der Waals surface area contributed by atoms with E-state index in [-0.39, 0.29) is 36.6 Å². The fourth-order valence-electron chi connectivity index (χ4n) is 7.25. The Morgan fingerprint density at radius 3 is 1.81 bits per heavy atom. The van der Waals surface area contributed by atoms with Gasteiger partial charge in [0.1, 0.15) is 12.4 Å². The topological polar surface area (TPSA) is 89.1 Å². The first-order chi connectivity index (χ1) is 22.3. The van der Waals surface area contributed by atoms with Gasteiger partial charge in [-0.05, 0) is 82.8 Å². The molecule has 1 amide bonds. The van der Waals surface area contributed by atoms with Gasteiger partial charge in [0.15, 0.2) is 0 Å². The van der Waals surface area contributed by atoms with E-state index >= 15 is 0 Å². The van der Waals surface area contributed by atoms with Gasteiger partial charge in [-0.25, -0.2) is 8.42 Å². The van der Waals surface area contributed by atoms with Crippen molar-refractivity contribution in [1.82, 2.24) is 28.8 Å². The summed E-state index contributed by atoms with van der Waals surface area (Å²) in [7, 11) is 5.63. The molecule has 0 radical (unpaired) electrons. The van der Waals surface area contributed by atoms with E-state index in [0.717, 1.165) is 51.0 Å². The minimum atomic E-state index is -3.68. The molecule has 5 rings (SSSR count). The van der Waals surface area contributed by atoms with E-state index < -0.39 is 10.0 Å². The molecule has 0 aromatic heterocycles. The van der Waals surface area contributed by atoms with Gasteiger partial charge < -0.3 is 24.2 Å². The number of nitrogens with zero attached hydrogens (tertiary/aromatic N) is 6. The summed E-state index contributed by atoms with van der Waals surface area (Å²) in [5, 5.41) is 0. The fraction of sp³-hybridized carbons (Fsp3) is 0.800. The van der Waals surface area contributed by atoms with Crippen LogP contribution < -0.4 is 4.74 Å². The third-order valence-electron chi connectivity index (χ3n) is 11.0. The Kier molecular flexibility index (Phi) is 13.9. The van der Waals surface area contributed by atoms with Gasteiger partial charge in [-0.15, -0.1) is 0 Å². The number of piperazine rings is 2. The van der Waals surface area contributed by atoms with Gasteiger partial charge in [0.05, 0.1) is 18.6 Å². The summed E-state index contributed by atoms with van der Waals surface area (Å²) in [6.45, 7) is 15.7. The van der Waals surface area contributed by atoms with E-state index in [2.05, 4.69) is 40.6 Å². The normalized spacial score (nSPS) is 26.2. The lowest BCUT2D eigenvalue weighted by Crippen LogP contribution is -2.58. The molecule has 2 saturated heterocycles. The van der Waals surface area contributed by atoms with Crippen molar-refractivity contribution >= 4 is 15.9 Å². The van der Waals surface area contributed by atoms with Crippen molar-refractivity contribution in [3.63, 3.8) is 0 Å². The van der Waals surface area contributed by atoms with Gasteiger partial charge in [0.2, 0.25) is 15.9 Å². The molecular formula is C35H62N6O5S. The highest BCUT2D eigenvalue weighted by molar-refractivity contribution is 7.89. The van der Waals surface area contributed by atoms with Crippen LogP contribution in [0.15, 0.2) is 17.0 Å². The van der Waals surface area contributed by atoms with Crippen molar-refractivity contribution in [2.75, 3.05) is 107 Å². The molecule has 4 fully saturated rings. The van der Waals surface area contributed by atoms with Crippen molar-refractivity contribution in [2.24, 2.45) is 5.92 Å². The second-order valence-electron chi connectivity index (χ2n) is 14.3. The number of likely N-dealkylation sites (N-methyl/N-ethyl adjacent to an activating group) is 4. The molecule has 0 bridgehead atoms. The standard InChI is InChI=1S/C24H40N4O5S.C11H22N2/c1-18-13-22(32-6)14-19(2)24(18)34(30,31)26(4)11-12-33-17-23(29)27(5)20-15-21(16-20)28-9-7-25(3)8-10-28;1-3-10-8-11(9-10)13-6-4-12(2)5-7-13/h13-14,20-21H,7-12,15-17H2,1-6H3;10-11H,3-9H2,1-2H3. The molecule has 0 spiro atoms. The van der Waals surface area contributed by atoms with Crippen LogP contribution in [0.2, 0.25) is 0 Å². The number of rotatable bonds is 12. The number of carbonyl (C=O) groups is 1. The van der Waals surface area contributed by atoms with Gasteiger partial charge in [-0.3, -0.25) is 14.6 Å². The number of methoxy groups -OCH3 is 1. The van der Waals surface area contributed by atoms with Crippen LogP contribution in [-0.4, -0.2) is 169 Å². The molecule has 0 unspecified atom stereocenters. The largest absolute Gasteiger partial charge is 0.497 e. The fourth-order valence-corrected chi connectivity index (χ4v) is 8.81. The number of amides is 1. The van der Waals surface area contributed by atoms with Crippen LogP contribution in [0, 0.1) is 19.8 Å². The van der Waals surface area contributed by atoms with Gasteiger partial charge in [-0.1, -0.05) is 13.3 Å². The quantitative estimate of drug-likeness (QED) is 0.310. The number of benzene rings is 1. The van der Waals surface area contributed by atoms with Crippen molar-refractivity contribution in [3.8, 4) is 5.75 Å². The highest BCUT2D eigenvalue weighted by Crippen LogP contribution is 2.34. The number of sulfonamides is 1. The maximum Gasteiger partial charge on any atom is 0.248 e. The highest BCUT2D eigenvalue weighted by atomic mass is 32.2. The lowest BCUT2D eigenvalue weighted by Gasteiger charge is -2.48. The van der Waals surface area contributed by atoms with E-state index in [1.54, 1.807) is 38.0 Å². The summed E-state index contributed by atoms with van der Waals surface area (Å²) in [6, 6.07) is 5.20. The zero-order valence-electron chi connectivity index (χ0n) is 30.4. The Hall–Kier alpha value is -1.80. The Morgan fingerprint density at radius 1 is 0.851 bits per heavy atom. The predicted molar refractivity (Wildman–Crippen MR) is 188 cm³/mol. The first-order valence-electron chi connectivity index (χ1n) is 17.6. The number of hydrogen-bond acceptors (Lipinski definition) is 9. The second kappa shape index (κ2) is 17.2. The van der Waals surface area contributed by atoms with Crippen molar-refractivity contribution < 1.29 is 22.7 Å². The Balaban J connectivity index is 0.000000318. The van der Waals surface area contributed by atoms with Crippen LogP contribution >= 0.6 is 0 Å². The van der Waals surface area contributed by atoms with Gasteiger partial charge in [0.25, 0.3) is 0 Å². The summed E-state index contributed by atoms with van der Waals surface area (Å²) < 4.78 is 38.2. The Bertz CT molecular complexity index is 1230. The van der Waals surface area contributed by atoms with Crippen LogP contribution in [0.25, 0.3) is 0 Å². The van der Waals surface area contributed by atoms with Crippen LogP contribution in [-0.2, 0) is 19.6 Å². The summed E-state index contributed by atoms with van der Waals surface area (Å²) in [5.74, 6) is 1.61. The zero-order chi connectivity index (χ0) is 34.3. The molecule has 1 aromatic carbocycles. The third-order valence-corrected chi connectivity index (χ3v) is 13.2. The summed E-state index contributed by atoms with van der Waals surface area (Å²) >= 11 is 0. The number of ether oxygens (including phenoxy) is 2. The van der Waals surface area contributed by atoms with Gasteiger partial charge >= 0.3 is 0 Å². The summed E-state index contributed by atoms with van der Waals surface area (Å²) in [6.07, 6.45) is 6.35. The molecule has 0 N–H and O–H groups in total. The molecule has 1 aromatic rings. The average Bonchev–Trinajstić information content (AvgIpc) is 2.99. The third kappa shape index (κ3) is 9.89. The lowest BCUT2D eigenvalue weighted by molar-refractivity contribution is -0.140. The second-order valence-corrected chi connectivity index (χ2v) is 16.3. The number of aryl methyl sites for hydroxylation is 2. The van der Waals surface area contributed by atoms with Crippen LogP contribution in [0.3, 0.4) is 0 Å². The van der Waals surface area contributed by atoms with Gasteiger partial charge in [0, 0.05) is 91.1 Å². The minimum Gasteiger partial charge on any atom is -0.497 e. The molecule has 2 aliphatic carbocycles. The Labute approximate surface area is 285 Å². The van der Waals surface area contributed by atoms with Crippen molar-refractivity contribution in [1.29, 1.82) is 0 Å². The van der Waals surface area contributed by atoms with E-state index in [0.29, 0.717) is 22.9 Å². The van der Waals surface area contributed by atoms with Crippen LogP contribution in [0.4, 0.5) is 0 Å². The van der Waals surface area contributed by atoms with E-state index in [4.69, 9.17) is 9.47 Å². The van der Waals surface area contributed by atoms with Gasteiger partial charge in [-0.2, -0.15) is 4.31 Å². The molecule has 2 saturated carbocycles. The highest BCUT2D eigenvalue weighted by Gasteiger charge is 2.38. The molecule has 4 aliphatic rings. The van der Waals surface area contributed by atoms with Crippen molar-refractivity contribution in [3.05, 3.63) is 23.3 Å². The zero-order valence-corrected chi connectivity index (χ0v) is 31.2. The molecule has 2 heterocycles. The van der Waals surface area contributed by atoms with E-state index in [9.17, 15) is 13.2 Å². The lowest BCUT2D eigenvalue weighted by atomic mass is 9.77. The minimum absolute atomic E-state index is 0.0410. The molecule has 47 heavy (non-hydrogen) atoms. The first kappa shape index (κ1) is 38.0.